The van der Waals surface area contributed by atoms with Crippen LogP contribution in [0.5, 0.6) is 5.75 Å². The third kappa shape index (κ3) is 5.37. The molecule has 7 heteroatoms. The number of hydrogen-bond donors (Lipinski definition) is 1. The molecule has 0 aromatic heterocycles. The Hall–Kier alpha value is -3.35. The molecular weight excluding hydrogens is 384 g/mol. The first-order valence-electron chi connectivity index (χ1n) is 9.95. The Morgan fingerprint density at radius 2 is 1.73 bits per heavy atom. The molecule has 0 spiro atoms. The average Bonchev–Trinajstić information content (AvgIpc) is 3.18. The van der Waals surface area contributed by atoms with Crippen LogP contribution in [0, 0.1) is 5.92 Å². The molecule has 2 amide bonds. The van der Waals surface area contributed by atoms with Crippen LogP contribution in [-0.2, 0) is 32.1 Å². The summed E-state index contributed by atoms with van der Waals surface area (Å²) < 4.78 is 10.2. The molecule has 30 heavy (non-hydrogen) atoms. The lowest BCUT2D eigenvalue weighted by Gasteiger charge is -2.17. The Morgan fingerprint density at radius 1 is 1.07 bits per heavy atom. The van der Waals surface area contributed by atoms with Crippen molar-refractivity contribution in [3.05, 3.63) is 59.7 Å². The molecule has 2 aromatic carbocycles. The maximum absolute atomic E-state index is 12.3. The number of carbonyl (C=O) groups excluding carboxylic acids is 3. The molecule has 1 atom stereocenters. The second-order valence-corrected chi connectivity index (χ2v) is 7.16. The number of methoxy groups -OCH3 is 1. The Kier molecular flexibility index (Phi) is 7.06. The fourth-order valence-corrected chi connectivity index (χ4v) is 3.28. The van der Waals surface area contributed by atoms with Crippen LogP contribution < -0.4 is 15.0 Å². The van der Waals surface area contributed by atoms with Crippen molar-refractivity contribution in [2.45, 2.75) is 26.3 Å². The van der Waals surface area contributed by atoms with Crippen LogP contribution in [0.25, 0.3) is 0 Å². The number of anilines is 1. The first-order chi connectivity index (χ1) is 14.5. The molecular formula is C23H26N2O5. The summed E-state index contributed by atoms with van der Waals surface area (Å²) in [5, 5.41) is 2.70. The van der Waals surface area contributed by atoms with E-state index in [2.05, 4.69) is 12.2 Å². The van der Waals surface area contributed by atoms with E-state index in [0.717, 1.165) is 23.4 Å². The predicted octanol–water partition coefficient (Wildman–Crippen LogP) is 2.47. The summed E-state index contributed by atoms with van der Waals surface area (Å²) in [5.74, 6) is -0.880. The molecule has 1 aliphatic rings. The SMILES string of the molecule is CCc1ccc(N2C[C@@H](C(=O)OCC(=O)NCc3ccc(OC)cc3)CC2=O)cc1. The molecule has 0 saturated carbocycles. The zero-order chi connectivity index (χ0) is 21.5. The minimum Gasteiger partial charge on any atom is -0.497 e. The number of rotatable bonds is 8. The van der Waals surface area contributed by atoms with Crippen molar-refractivity contribution in [1.29, 1.82) is 0 Å². The van der Waals surface area contributed by atoms with Gasteiger partial charge in [0.2, 0.25) is 5.91 Å². The molecule has 3 rings (SSSR count). The van der Waals surface area contributed by atoms with Crippen molar-refractivity contribution < 1.29 is 23.9 Å². The van der Waals surface area contributed by atoms with Gasteiger partial charge in [0.25, 0.3) is 5.91 Å². The monoisotopic (exact) mass is 410 g/mol. The molecule has 1 N–H and O–H groups in total. The summed E-state index contributed by atoms with van der Waals surface area (Å²) in [6.45, 7) is 2.28. The highest BCUT2D eigenvalue weighted by Gasteiger charge is 2.36. The number of amides is 2. The average molecular weight is 410 g/mol. The van der Waals surface area contributed by atoms with Crippen molar-refractivity contribution in [3.8, 4) is 5.75 Å². The number of hydrogen-bond acceptors (Lipinski definition) is 5. The third-order valence-corrected chi connectivity index (χ3v) is 5.11. The van der Waals surface area contributed by atoms with Crippen LogP contribution in [0.1, 0.15) is 24.5 Å². The minimum absolute atomic E-state index is 0.0851. The van der Waals surface area contributed by atoms with Gasteiger partial charge in [-0.2, -0.15) is 0 Å². The summed E-state index contributed by atoms with van der Waals surface area (Å²) in [6.07, 6.45) is 1.01. The fraction of sp³-hybridized carbons (Fsp3) is 0.348. The second-order valence-electron chi connectivity index (χ2n) is 7.16. The van der Waals surface area contributed by atoms with Gasteiger partial charge in [-0.05, 0) is 41.8 Å². The van der Waals surface area contributed by atoms with Gasteiger partial charge in [0.15, 0.2) is 6.61 Å². The van der Waals surface area contributed by atoms with Gasteiger partial charge in [0.05, 0.1) is 13.0 Å². The van der Waals surface area contributed by atoms with Crippen LogP contribution in [0.15, 0.2) is 48.5 Å². The highest BCUT2D eigenvalue weighted by molar-refractivity contribution is 5.99. The van der Waals surface area contributed by atoms with Crippen molar-refractivity contribution in [2.75, 3.05) is 25.2 Å². The number of nitrogens with one attached hydrogen (secondary N) is 1. The Bertz CT molecular complexity index is 893. The third-order valence-electron chi connectivity index (χ3n) is 5.11. The normalized spacial score (nSPS) is 15.7. The lowest BCUT2D eigenvalue weighted by atomic mass is 10.1. The van der Waals surface area contributed by atoms with Crippen LogP contribution in [-0.4, -0.2) is 38.0 Å². The summed E-state index contributed by atoms with van der Waals surface area (Å²) in [7, 11) is 1.59. The molecule has 2 aromatic rings. The smallest absolute Gasteiger partial charge is 0.311 e. The maximum Gasteiger partial charge on any atom is 0.311 e. The number of benzene rings is 2. The van der Waals surface area contributed by atoms with Gasteiger partial charge in [-0.25, -0.2) is 0 Å². The van der Waals surface area contributed by atoms with E-state index in [4.69, 9.17) is 9.47 Å². The standard InChI is InChI=1S/C23H26N2O5/c1-3-16-4-8-19(9-5-16)25-14-18(12-22(25)27)23(28)30-15-21(26)24-13-17-6-10-20(29-2)11-7-17/h4-11,18H,3,12-15H2,1-2H3,(H,24,26)/t18-/m0/s1. The van der Waals surface area contributed by atoms with Crippen molar-refractivity contribution >= 4 is 23.5 Å². The van der Waals surface area contributed by atoms with Gasteiger partial charge < -0.3 is 19.7 Å². The van der Waals surface area contributed by atoms with Gasteiger partial charge in [-0.1, -0.05) is 31.2 Å². The summed E-state index contributed by atoms with van der Waals surface area (Å²) in [5.41, 5.74) is 2.85. The van der Waals surface area contributed by atoms with Gasteiger partial charge >= 0.3 is 5.97 Å². The van der Waals surface area contributed by atoms with Crippen LogP contribution in [0.3, 0.4) is 0 Å². The molecule has 1 heterocycles. The number of nitrogens with zero attached hydrogens (tertiary/aromatic N) is 1. The molecule has 0 aliphatic carbocycles. The van der Waals surface area contributed by atoms with Gasteiger partial charge in [-0.15, -0.1) is 0 Å². The molecule has 158 valence electrons. The highest BCUT2D eigenvalue weighted by Crippen LogP contribution is 2.26. The van der Waals surface area contributed by atoms with E-state index in [9.17, 15) is 14.4 Å². The van der Waals surface area contributed by atoms with Gasteiger partial charge in [-0.3, -0.25) is 14.4 Å². The first kappa shape index (κ1) is 21.4. The molecule has 1 saturated heterocycles. The molecule has 0 unspecified atom stereocenters. The fourth-order valence-electron chi connectivity index (χ4n) is 3.28. The quantitative estimate of drug-likeness (QED) is 0.676. The molecule has 7 nitrogen and oxygen atoms in total. The topological polar surface area (TPSA) is 84.9 Å². The zero-order valence-electron chi connectivity index (χ0n) is 17.2. The lowest BCUT2D eigenvalue weighted by Crippen LogP contribution is -2.31. The van der Waals surface area contributed by atoms with E-state index in [1.807, 2.05) is 36.4 Å². The van der Waals surface area contributed by atoms with E-state index < -0.39 is 17.8 Å². The van der Waals surface area contributed by atoms with Crippen LogP contribution >= 0.6 is 0 Å². The minimum atomic E-state index is -0.572. The zero-order valence-corrected chi connectivity index (χ0v) is 17.2. The first-order valence-corrected chi connectivity index (χ1v) is 9.95. The summed E-state index contributed by atoms with van der Waals surface area (Å²) in [4.78, 5) is 38.2. The maximum atomic E-state index is 12.3. The van der Waals surface area contributed by atoms with E-state index in [1.54, 1.807) is 24.1 Å². The Labute approximate surface area is 176 Å². The van der Waals surface area contributed by atoms with Gasteiger partial charge in [0.1, 0.15) is 5.75 Å². The van der Waals surface area contributed by atoms with Crippen molar-refractivity contribution in [2.24, 2.45) is 5.92 Å². The molecule has 1 fully saturated rings. The highest BCUT2D eigenvalue weighted by atomic mass is 16.5. The van der Waals surface area contributed by atoms with E-state index in [1.165, 1.54) is 5.56 Å². The van der Waals surface area contributed by atoms with Crippen molar-refractivity contribution in [1.82, 2.24) is 5.32 Å². The number of carbonyl (C=O) groups is 3. The second kappa shape index (κ2) is 9.91. The summed E-state index contributed by atoms with van der Waals surface area (Å²) >= 11 is 0. The number of esters is 1. The Morgan fingerprint density at radius 3 is 2.37 bits per heavy atom. The van der Waals surface area contributed by atoms with Crippen LogP contribution in [0.2, 0.25) is 0 Å². The van der Waals surface area contributed by atoms with E-state index in [-0.39, 0.29) is 25.5 Å². The largest absolute Gasteiger partial charge is 0.497 e. The number of aryl methyl sites for hydroxylation is 1. The number of ether oxygens (including phenoxy) is 2. The summed E-state index contributed by atoms with van der Waals surface area (Å²) in [6, 6.07) is 15.0. The van der Waals surface area contributed by atoms with E-state index in [0.29, 0.717) is 6.54 Å². The predicted molar refractivity (Wildman–Crippen MR) is 112 cm³/mol. The van der Waals surface area contributed by atoms with Crippen LogP contribution in [0.4, 0.5) is 5.69 Å². The van der Waals surface area contributed by atoms with Gasteiger partial charge in [0, 0.05) is 25.2 Å². The van der Waals surface area contributed by atoms with Crippen molar-refractivity contribution in [3.63, 3.8) is 0 Å². The molecule has 1 aliphatic heterocycles. The molecule has 0 radical (unpaired) electrons. The Balaban J connectivity index is 1.45. The molecule has 0 bridgehead atoms. The lowest BCUT2D eigenvalue weighted by molar-refractivity contribution is -0.152. The van der Waals surface area contributed by atoms with E-state index >= 15 is 0 Å².